The fraction of sp³-hybridized carbons (Fsp3) is 0.0625. The molecule has 0 unspecified atom stereocenters. The van der Waals surface area contributed by atoms with Crippen LogP contribution in [0.4, 0.5) is 4.39 Å². The minimum Gasteiger partial charge on any atom is -0.289 e. The zero-order valence-electron chi connectivity index (χ0n) is 10.3. The lowest BCUT2D eigenvalue weighted by Gasteiger charge is -2.04. The lowest BCUT2D eigenvalue weighted by atomic mass is 10.1. The van der Waals surface area contributed by atoms with E-state index >= 15 is 0 Å². The monoisotopic (exact) mass is 270 g/mol. The van der Waals surface area contributed by atoms with Crippen LogP contribution in [0, 0.1) is 12.7 Å². The molecule has 0 fully saturated rings. The van der Waals surface area contributed by atoms with E-state index < -0.39 is 0 Å². The second-order valence-corrected chi connectivity index (χ2v) is 5.51. The summed E-state index contributed by atoms with van der Waals surface area (Å²) in [5.74, 6) is -0.339. The van der Waals surface area contributed by atoms with Gasteiger partial charge in [-0.25, -0.2) is 4.39 Å². The standard InChI is InChI=1S/C16H11FOS/c1-10-5-7-11(8-6-10)15-9-14(18)12-3-2-4-13(17)16(12)19-15/h2-9H,1H3. The summed E-state index contributed by atoms with van der Waals surface area (Å²) in [6.07, 6.45) is 0. The molecule has 1 nitrogen and oxygen atoms in total. The van der Waals surface area contributed by atoms with Crippen molar-refractivity contribution in [2.75, 3.05) is 0 Å². The van der Waals surface area contributed by atoms with Crippen LogP contribution in [0.15, 0.2) is 53.3 Å². The molecule has 0 saturated carbocycles. The fourth-order valence-corrected chi connectivity index (χ4v) is 3.09. The van der Waals surface area contributed by atoms with E-state index in [0.717, 1.165) is 16.0 Å². The SMILES string of the molecule is Cc1ccc(-c2cc(=O)c3cccc(F)c3s2)cc1. The molecule has 1 aromatic heterocycles. The Labute approximate surface area is 114 Å². The lowest BCUT2D eigenvalue weighted by molar-refractivity contribution is 0.641. The Morgan fingerprint density at radius 1 is 1.05 bits per heavy atom. The highest BCUT2D eigenvalue weighted by molar-refractivity contribution is 7.21. The first-order chi connectivity index (χ1) is 9.15. The zero-order chi connectivity index (χ0) is 13.4. The van der Waals surface area contributed by atoms with E-state index in [1.54, 1.807) is 18.2 Å². The van der Waals surface area contributed by atoms with E-state index in [0.29, 0.717) is 10.1 Å². The first kappa shape index (κ1) is 12.1. The van der Waals surface area contributed by atoms with Crippen molar-refractivity contribution < 1.29 is 4.39 Å². The van der Waals surface area contributed by atoms with Crippen LogP contribution in [-0.2, 0) is 0 Å². The van der Waals surface area contributed by atoms with Gasteiger partial charge in [0.05, 0.1) is 4.70 Å². The molecule has 19 heavy (non-hydrogen) atoms. The Morgan fingerprint density at radius 2 is 1.79 bits per heavy atom. The van der Waals surface area contributed by atoms with Gasteiger partial charge in [0.25, 0.3) is 0 Å². The molecule has 0 spiro atoms. The summed E-state index contributed by atoms with van der Waals surface area (Å²) in [5.41, 5.74) is 1.96. The van der Waals surface area contributed by atoms with Crippen molar-refractivity contribution in [2.24, 2.45) is 0 Å². The van der Waals surface area contributed by atoms with Gasteiger partial charge in [-0.1, -0.05) is 35.9 Å². The minimum absolute atomic E-state index is 0.135. The van der Waals surface area contributed by atoms with Gasteiger partial charge in [0.1, 0.15) is 5.82 Å². The van der Waals surface area contributed by atoms with E-state index in [-0.39, 0.29) is 11.2 Å². The van der Waals surface area contributed by atoms with Crippen LogP contribution in [-0.4, -0.2) is 0 Å². The maximum absolute atomic E-state index is 13.8. The predicted octanol–water partition coefficient (Wildman–Crippen LogP) is 4.38. The first-order valence-corrected chi connectivity index (χ1v) is 6.76. The normalized spacial score (nSPS) is 10.8. The van der Waals surface area contributed by atoms with Crippen LogP contribution in [0.1, 0.15) is 5.56 Å². The van der Waals surface area contributed by atoms with Gasteiger partial charge in [-0.3, -0.25) is 4.79 Å². The van der Waals surface area contributed by atoms with Crippen LogP contribution in [0.25, 0.3) is 20.5 Å². The molecule has 3 rings (SSSR count). The molecule has 0 N–H and O–H groups in total. The highest BCUT2D eigenvalue weighted by atomic mass is 32.1. The number of hydrogen-bond acceptors (Lipinski definition) is 2. The van der Waals surface area contributed by atoms with Gasteiger partial charge in [-0.15, -0.1) is 11.3 Å². The molecule has 2 aromatic carbocycles. The number of rotatable bonds is 1. The summed E-state index contributed by atoms with van der Waals surface area (Å²) < 4.78 is 14.2. The third-order valence-electron chi connectivity index (χ3n) is 3.04. The Morgan fingerprint density at radius 3 is 2.53 bits per heavy atom. The van der Waals surface area contributed by atoms with Crippen LogP contribution in [0.2, 0.25) is 0 Å². The summed E-state index contributed by atoms with van der Waals surface area (Å²) in [6.45, 7) is 2.01. The van der Waals surface area contributed by atoms with Crippen molar-refractivity contribution in [1.29, 1.82) is 0 Å². The molecule has 0 aliphatic rings. The molecular weight excluding hydrogens is 259 g/mol. The van der Waals surface area contributed by atoms with Crippen LogP contribution >= 0.6 is 11.3 Å². The summed E-state index contributed by atoms with van der Waals surface area (Å²) in [5, 5.41) is 0.445. The summed E-state index contributed by atoms with van der Waals surface area (Å²) >= 11 is 1.31. The van der Waals surface area contributed by atoms with Gasteiger partial charge in [0.2, 0.25) is 0 Å². The molecule has 94 valence electrons. The maximum atomic E-state index is 13.8. The average molecular weight is 270 g/mol. The van der Waals surface area contributed by atoms with Gasteiger partial charge in [0, 0.05) is 16.3 Å². The Bertz CT molecular complexity index is 803. The fourth-order valence-electron chi connectivity index (χ4n) is 2.00. The summed E-state index contributed by atoms with van der Waals surface area (Å²) in [6, 6.07) is 14.1. The van der Waals surface area contributed by atoms with E-state index in [9.17, 15) is 9.18 Å². The topological polar surface area (TPSA) is 17.1 Å². The number of hydrogen-bond donors (Lipinski definition) is 0. The number of aryl methyl sites for hydroxylation is 1. The second-order valence-electron chi connectivity index (χ2n) is 4.46. The highest BCUT2D eigenvalue weighted by Crippen LogP contribution is 2.29. The minimum atomic E-state index is -0.339. The Kier molecular flexibility index (Phi) is 2.91. The van der Waals surface area contributed by atoms with Gasteiger partial charge in [-0.2, -0.15) is 0 Å². The second kappa shape index (κ2) is 4.59. The smallest absolute Gasteiger partial charge is 0.188 e. The van der Waals surface area contributed by atoms with Gasteiger partial charge < -0.3 is 0 Å². The van der Waals surface area contributed by atoms with E-state index in [4.69, 9.17) is 0 Å². The molecule has 0 aliphatic carbocycles. The molecule has 3 heteroatoms. The predicted molar refractivity (Wildman–Crippen MR) is 78.2 cm³/mol. The molecule has 0 bridgehead atoms. The van der Waals surface area contributed by atoms with Crippen LogP contribution in [0.5, 0.6) is 0 Å². The van der Waals surface area contributed by atoms with E-state index in [1.165, 1.54) is 17.4 Å². The van der Waals surface area contributed by atoms with Crippen molar-refractivity contribution in [1.82, 2.24) is 0 Å². The van der Waals surface area contributed by atoms with Gasteiger partial charge in [0.15, 0.2) is 5.43 Å². The lowest BCUT2D eigenvalue weighted by Crippen LogP contribution is -1.99. The van der Waals surface area contributed by atoms with Crippen molar-refractivity contribution in [2.45, 2.75) is 6.92 Å². The third kappa shape index (κ3) is 2.17. The van der Waals surface area contributed by atoms with E-state index in [2.05, 4.69) is 0 Å². The van der Waals surface area contributed by atoms with Gasteiger partial charge in [-0.05, 0) is 24.6 Å². The molecule has 0 aliphatic heterocycles. The first-order valence-electron chi connectivity index (χ1n) is 5.94. The average Bonchev–Trinajstić information content (AvgIpc) is 2.41. The van der Waals surface area contributed by atoms with Crippen LogP contribution in [0.3, 0.4) is 0 Å². The highest BCUT2D eigenvalue weighted by Gasteiger charge is 2.08. The molecule has 3 aromatic rings. The van der Waals surface area contributed by atoms with Crippen molar-refractivity contribution in [3.63, 3.8) is 0 Å². The number of halogens is 1. The summed E-state index contributed by atoms with van der Waals surface area (Å²) in [7, 11) is 0. The van der Waals surface area contributed by atoms with Gasteiger partial charge >= 0.3 is 0 Å². The Hall–Kier alpha value is -2.00. The van der Waals surface area contributed by atoms with Crippen molar-refractivity contribution in [3.8, 4) is 10.4 Å². The molecule has 0 amide bonds. The van der Waals surface area contributed by atoms with Crippen LogP contribution < -0.4 is 5.43 Å². The molecule has 1 heterocycles. The molecular formula is C16H11FOS. The Balaban J connectivity index is 2.29. The zero-order valence-corrected chi connectivity index (χ0v) is 11.1. The van der Waals surface area contributed by atoms with Crippen molar-refractivity contribution in [3.05, 3.63) is 70.1 Å². The number of fused-ring (bicyclic) bond motifs is 1. The quantitative estimate of drug-likeness (QED) is 0.641. The molecule has 0 saturated heterocycles. The number of benzene rings is 2. The molecule has 0 atom stereocenters. The largest absolute Gasteiger partial charge is 0.289 e. The van der Waals surface area contributed by atoms with E-state index in [1.807, 2.05) is 31.2 Å². The molecule has 0 radical (unpaired) electrons. The van der Waals surface area contributed by atoms with Crippen molar-refractivity contribution >= 4 is 21.4 Å². The summed E-state index contributed by atoms with van der Waals surface area (Å²) in [4.78, 5) is 12.8. The third-order valence-corrected chi connectivity index (χ3v) is 4.24. The maximum Gasteiger partial charge on any atom is 0.188 e.